The fourth-order valence-corrected chi connectivity index (χ4v) is 7.69. The van der Waals surface area contributed by atoms with Crippen LogP contribution in [0.5, 0.6) is 0 Å². The Morgan fingerprint density at radius 2 is 1.07 bits per heavy atom. The molecule has 0 saturated carbocycles. The van der Waals surface area contributed by atoms with E-state index in [2.05, 4.69) is 139 Å². The van der Waals surface area contributed by atoms with Gasteiger partial charge in [-0.3, -0.25) is 0 Å². The predicted molar refractivity (Wildman–Crippen MR) is 185 cm³/mol. The standard InChI is InChI=1S/C39H26ClNS/c1-41(27-11-3-2-4-12-27)38-31-16-7-5-13-28(31)34(23-33(38)25-19-21-26(40)22-20-25)35-24-36-30-15-9-10-18-37(30)42-39(36)32-17-8-6-14-29(32)35/h2-24H,1H3. The first-order chi connectivity index (χ1) is 20.7. The minimum absolute atomic E-state index is 0.735. The van der Waals surface area contributed by atoms with E-state index >= 15 is 0 Å². The molecule has 0 fully saturated rings. The minimum Gasteiger partial charge on any atom is -0.344 e. The number of fused-ring (bicyclic) bond motifs is 6. The molecule has 1 nitrogen and oxygen atoms in total. The highest BCUT2D eigenvalue weighted by Gasteiger charge is 2.21. The van der Waals surface area contributed by atoms with Gasteiger partial charge < -0.3 is 4.90 Å². The van der Waals surface area contributed by atoms with Gasteiger partial charge in [0, 0.05) is 54.3 Å². The van der Waals surface area contributed by atoms with Crippen molar-refractivity contribution in [2.45, 2.75) is 0 Å². The molecule has 0 aliphatic heterocycles. The number of para-hydroxylation sites is 1. The van der Waals surface area contributed by atoms with Gasteiger partial charge in [-0.2, -0.15) is 0 Å². The number of hydrogen-bond donors (Lipinski definition) is 0. The second kappa shape index (κ2) is 10.0. The second-order valence-electron chi connectivity index (χ2n) is 10.7. The lowest BCUT2D eigenvalue weighted by atomic mass is 9.88. The van der Waals surface area contributed by atoms with Crippen LogP contribution in [0.3, 0.4) is 0 Å². The van der Waals surface area contributed by atoms with Gasteiger partial charge in [-0.15, -0.1) is 11.3 Å². The van der Waals surface area contributed by atoms with Gasteiger partial charge in [0.25, 0.3) is 0 Å². The molecule has 0 N–H and O–H groups in total. The van der Waals surface area contributed by atoms with Crippen molar-refractivity contribution < 1.29 is 0 Å². The lowest BCUT2D eigenvalue weighted by Crippen LogP contribution is -2.11. The van der Waals surface area contributed by atoms with Crippen LogP contribution in [0.15, 0.2) is 140 Å². The van der Waals surface area contributed by atoms with Crippen molar-refractivity contribution in [3.05, 3.63) is 145 Å². The monoisotopic (exact) mass is 575 g/mol. The highest BCUT2D eigenvalue weighted by molar-refractivity contribution is 7.26. The Bertz CT molecular complexity index is 2270. The van der Waals surface area contributed by atoms with Crippen LogP contribution in [0, 0.1) is 0 Å². The van der Waals surface area contributed by atoms with E-state index in [1.165, 1.54) is 64.1 Å². The summed E-state index contributed by atoms with van der Waals surface area (Å²) in [7, 11) is 2.16. The number of rotatable bonds is 4. The van der Waals surface area contributed by atoms with Crippen LogP contribution >= 0.6 is 22.9 Å². The molecule has 0 spiro atoms. The van der Waals surface area contributed by atoms with Crippen molar-refractivity contribution in [1.29, 1.82) is 0 Å². The summed E-state index contributed by atoms with van der Waals surface area (Å²) < 4.78 is 2.67. The molecule has 1 aromatic heterocycles. The molecule has 8 aromatic rings. The van der Waals surface area contributed by atoms with Gasteiger partial charge >= 0.3 is 0 Å². The summed E-state index contributed by atoms with van der Waals surface area (Å²) in [5, 5.41) is 8.38. The molecule has 42 heavy (non-hydrogen) atoms. The maximum absolute atomic E-state index is 6.37. The molecule has 1 heterocycles. The summed E-state index contributed by atoms with van der Waals surface area (Å²) >= 11 is 8.25. The van der Waals surface area contributed by atoms with Crippen LogP contribution in [0.4, 0.5) is 11.4 Å². The Hall–Kier alpha value is -4.63. The van der Waals surface area contributed by atoms with E-state index < -0.39 is 0 Å². The van der Waals surface area contributed by atoms with Crippen LogP contribution in [0.1, 0.15) is 0 Å². The van der Waals surface area contributed by atoms with Crippen LogP contribution in [-0.2, 0) is 0 Å². The normalized spacial score (nSPS) is 11.6. The molecule has 0 aliphatic carbocycles. The van der Waals surface area contributed by atoms with Gasteiger partial charge in [0.15, 0.2) is 0 Å². The maximum atomic E-state index is 6.37. The van der Waals surface area contributed by atoms with E-state index in [1.807, 2.05) is 23.5 Å². The molecular formula is C39H26ClNS. The van der Waals surface area contributed by atoms with Gasteiger partial charge in [0.05, 0.1) is 5.69 Å². The van der Waals surface area contributed by atoms with E-state index in [0.29, 0.717) is 0 Å². The van der Waals surface area contributed by atoms with Gasteiger partial charge in [-0.05, 0) is 69.9 Å². The third kappa shape index (κ3) is 3.99. The van der Waals surface area contributed by atoms with Gasteiger partial charge in [0.1, 0.15) is 0 Å². The SMILES string of the molecule is CN(c1ccccc1)c1c(-c2ccc(Cl)cc2)cc(-c2cc3c4ccccc4sc3c3ccccc23)c2ccccc12. The van der Waals surface area contributed by atoms with E-state index in [0.717, 1.165) is 16.3 Å². The number of nitrogens with zero attached hydrogens (tertiary/aromatic N) is 1. The third-order valence-corrected chi connectivity index (χ3v) is 9.80. The maximum Gasteiger partial charge on any atom is 0.0567 e. The molecule has 3 heteroatoms. The van der Waals surface area contributed by atoms with Crippen molar-refractivity contribution in [3.63, 3.8) is 0 Å². The molecule has 0 radical (unpaired) electrons. The first kappa shape index (κ1) is 25.1. The predicted octanol–water partition coefficient (Wildman–Crippen LogP) is 12.1. The number of benzene rings is 7. The minimum atomic E-state index is 0.735. The fourth-order valence-electron chi connectivity index (χ4n) is 6.34. The Morgan fingerprint density at radius 3 is 1.81 bits per heavy atom. The van der Waals surface area contributed by atoms with Crippen molar-refractivity contribution >= 4 is 76.0 Å². The van der Waals surface area contributed by atoms with Crippen LogP contribution < -0.4 is 4.90 Å². The quantitative estimate of drug-likeness (QED) is 0.202. The summed E-state index contributed by atoms with van der Waals surface area (Å²) in [6.45, 7) is 0. The highest BCUT2D eigenvalue weighted by Crippen LogP contribution is 2.48. The van der Waals surface area contributed by atoms with Crippen LogP contribution in [-0.4, -0.2) is 7.05 Å². The number of anilines is 2. The zero-order valence-electron chi connectivity index (χ0n) is 23.0. The van der Waals surface area contributed by atoms with Crippen LogP contribution in [0.25, 0.3) is 64.0 Å². The molecule has 0 aliphatic rings. The smallest absolute Gasteiger partial charge is 0.0567 e. The van der Waals surface area contributed by atoms with Crippen molar-refractivity contribution in [3.8, 4) is 22.3 Å². The lowest BCUT2D eigenvalue weighted by Gasteiger charge is -2.27. The summed E-state index contributed by atoms with van der Waals surface area (Å²) in [5.74, 6) is 0. The molecule has 0 atom stereocenters. The molecule has 0 amide bonds. The number of halogens is 1. The highest BCUT2D eigenvalue weighted by atomic mass is 35.5. The second-order valence-corrected chi connectivity index (χ2v) is 12.2. The van der Waals surface area contributed by atoms with Crippen molar-refractivity contribution in [2.75, 3.05) is 11.9 Å². The summed E-state index contributed by atoms with van der Waals surface area (Å²) in [6, 6.07) is 50.1. The summed E-state index contributed by atoms with van der Waals surface area (Å²) in [5.41, 5.74) is 7.11. The van der Waals surface area contributed by atoms with E-state index in [9.17, 15) is 0 Å². The molecule has 0 unspecified atom stereocenters. The van der Waals surface area contributed by atoms with Crippen molar-refractivity contribution in [2.24, 2.45) is 0 Å². The van der Waals surface area contributed by atoms with Gasteiger partial charge in [-0.25, -0.2) is 0 Å². The molecular weight excluding hydrogens is 550 g/mol. The Labute approximate surface area is 253 Å². The molecule has 8 rings (SSSR count). The first-order valence-corrected chi connectivity index (χ1v) is 15.3. The largest absolute Gasteiger partial charge is 0.344 e. The molecule has 7 aromatic carbocycles. The Kier molecular flexibility index (Phi) is 5.99. The molecule has 0 saturated heterocycles. The third-order valence-electron chi connectivity index (χ3n) is 8.32. The summed E-state index contributed by atoms with van der Waals surface area (Å²) in [4.78, 5) is 2.31. The van der Waals surface area contributed by atoms with Gasteiger partial charge in [-0.1, -0.05) is 109 Å². The Morgan fingerprint density at radius 1 is 0.500 bits per heavy atom. The van der Waals surface area contributed by atoms with Crippen LogP contribution in [0.2, 0.25) is 5.02 Å². The first-order valence-electron chi connectivity index (χ1n) is 14.1. The molecule has 0 bridgehead atoms. The van der Waals surface area contributed by atoms with Crippen molar-refractivity contribution in [1.82, 2.24) is 0 Å². The topological polar surface area (TPSA) is 3.24 Å². The average Bonchev–Trinajstić information content (AvgIpc) is 3.43. The number of thiophene rings is 1. The van der Waals surface area contributed by atoms with E-state index in [4.69, 9.17) is 11.6 Å². The van der Waals surface area contributed by atoms with E-state index in [-0.39, 0.29) is 0 Å². The zero-order valence-corrected chi connectivity index (χ0v) is 24.6. The fraction of sp³-hybridized carbons (Fsp3) is 0.0256. The average molecular weight is 576 g/mol. The Balaban J connectivity index is 1.51. The van der Waals surface area contributed by atoms with E-state index in [1.54, 1.807) is 0 Å². The zero-order chi connectivity index (χ0) is 28.2. The lowest BCUT2D eigenvalue weighted by molar-refractivity contribution is 1.22. The van der Waals surface area contributed by atoms with Gasteiger partial charge in [0.2, 0.25) is 0 Å². The molecule has 200 valence electrons. The summed E-state index contributed by atoms with van der Waals surface area (Å²) in [6.07, 6.45) is 0. The number of hydrogen-bond acceptors (Lipinski definition) is 2.